The lowest BCUT2D eigenvalue weighted by molar-refractivity contribution is -0.137. The number of aliphatic carboxylic acids is 1. The van der Waals surface area contributed by atoms with Gasteiger partial charge >= 0.3 is 12.0 Å². The summed E-state index contributed by atoms with van der Waals surface area (Å²) in [7, 11) is 0. The molecule has 17 heavy (non-hydrogen) atoms. The summed E-state index contributed by atoms with van der Waals surface area (Å²) in [4.78, 5) is 21.5. The standard InChI is InChI=1S/C11H22N2O4/c1-3-11(17,4-2)8-13-10(16)12-7-5-6-9(14)15/h17H,3-8H2,1-2H3,(H,14,15)(H2,12,13,16). The Morgan fingerprint density at radius 1 is 1.18 bits per heavy atom. The molecule has 0 aliphatic heterocycles. The predicted octanol–water partition coefficient (Wildman–Crippen LogP) is 0.701. The van der Waals surface area contributed by atoms with E-state index in [9.17, 15) is 14.7 Å². The Kier molecular flexibility index (Phi) is 7.29. The molecule has 0 aromatic carbocycles. The smallest absolute Gasteiger partial charge is 0.314 e. The average molecular weight is 246 g/mol. The summed E-state index contributed by atoms with van der Waals surface area (Å²) in [6.07, 6.45) is 1.58. The number of carbonyl (C=O) groups excluding carboxylic acids is 1. The van der Waals surface area contributed by atoms with Gasteiger partial charge in [-0.25, -0.2) is 4.79 Å². The molecule has 6 nitrogen and oxygen atoms in total. The number of hydrogen-bond donors (Lipinski definition) is 4. The van der Waals surface area contributed by atoms with Gasteiger partial charge in [0, 0.05) is 19.5 Å². The molecule has 0 unspecified atom stereocenters. The van der Waals surface area contributed by atoms with Crippen molar-refractivity contribution >= 4 is 12.0 Å². The molecular weight excluding hydrogens is 224 g/mol. The zero-order valence-corrected chi connectivity index (χ0v) is 10.5. The number of rotatable bonds is 8. The minimum atomic E-state index is -0.876. The molecule has 0 saturated heterocycles. The van der Waals surface area contributed by atoms with Crippen molar-refractivity contribution in [1.82, 2.24) is 10.6 Å². The second-order valence-electron chi connectivity index (χ2n) is 4.04. The molecular formula is C11H22N2O4. The van der Waals surface area contributed by atoms with Crippen LogP contribution in [0.4, 0.5) is 4.79 Å². The van der Waals surface area contributed by atoms with Crippen molar-refractivity contribution in [3.8, 4) is 0 Å². The first kappa shape index (κ1) is 15.7. The molecule has 0 radical (unpaired) electrons. The van der Waals surface area contributed by atoms with E-state index in [1.54, 1.807) is 0 Å². The highest BCUT2D eigenvalue weighted by Gasteiger charge is 2.22. The molecule has 100 valence electrons. The number of carbonyl (C=O) groups is 2. The molecule has 0 spiro atoms. The van der Waals surface area contributed by atoms with Crippen LogP contribution in [0, 0.1) is 0 Å². The molecule has 0 fully saturated rings. The van der Waals surface area contributed by atoms with Crippen molar-refractivity contribution < 1.29 is 19.8 Å². The number of hydrogen-bond acceptors (Lipinski definition) is 3. The number of nitrogens with one attached hydrogen (secondary N) is 2. The molecule has 0 aliphatic carbocycles. The molecule has 0 saturated carbocycles. The van der Waals surface area contributed by atoms with Gasteiger partial charge in [-0.1, -0.05) is 13.8 Å². The molecule has 0 rings (SSSR count). The van der Waals surface area contributed by atoms with Gasteiger partial charge in [0.15, 0.2) is 0 Å². The van der Waals surface area contributed by atoms with Crippen molar-refractivity contribution in [2.75, 3.05) is 13.1 Å². The lowest BCUT2D eigenvalue weighted by atomic mass is 9.98. The predicted molar refractivity (Wildman–Crippen MR) is 63.8 cm³/mol. The lowest BCUT2D eigenvalue weighted by Crippen LogP contribution is -2.46. The molecule has 0 aromatic heterocycles. The van der Waals surface area contributed by atoms with E-state index < -0.39 is 11.6 Å². The van der Waals surface area contributed by atoms with Gasteiger partial charge in [0.25, 0.3) is 0 Å². The van der Waals surface area contributed by atoms with Crippen LogP contribution in [0.1, 0.15) is 39.5 Å². The third-order valence-electron chi connectivity index (χ3n) is 2.75. The summed E-state index contributed by atoms with van der Waals surface area (Å²) in [6.45, 7) is 4.23. The topological polar surface area (TPSA) is 98.7 Å². The summed E-state index contributed by atoms with van der Waals surface area (Å²) in [6, 6.07) is -0.379. The van der Waals surface area contributed by atoms with Crippen LogP contribution in [0.25, 0.3) is 0 Å². The van der Waals surface area contributed by atoms with Gasteiger partial charge in [0.1, 0.15) is 0 Å². The fourth-order valence-electron chi connectivity index (χ4n) is 1.25. The van der Waals surface area contributed by atoms with Gasteiger partial charge in [-0.05, 0) is 19.3 Å². The van der Waals surface area contributed by atoms with E-state index in [4.69, 9.17) is 5.11 Å². The SMILES string of the molecule is CCC(O)(CC)CNC(=O)NCCCC(=O)O. The summed E-state index contributed by atoms with van der Waals surface area (Å²) < 4.78 is 0. The van der Waals surface area contributed by atoms with Crippen LogP contribution >= 0.6 is 0 Å². The molecule has 0 atom stereocenters. The Morgan fingerprint density at radius 3 is 2.24 bits per heavy atom. The number of carboxylic acid groups (broad SMARTS) is 1. The van der Waals surface area contributed by atoms with Crippen LogP contribution in [-0.2, 0) is 4.79 Å². The van der Waals surface area contributed by atoms with Gasteiger partial charge in [-0.2, -0.15) is 0 Å². The van der Waals surface area contributed by atoms with Gasteiger partial charge in [-0.3, -0.25) is 4.79 Å². The zero-order valence-electron chi connectivity index (χ0n) is 10.5. The highest BCUT2D eigenvalue weighted by atomic mass is 16.4. The fraction of sp³-hybridized carbons (Fsp3) is 0.818. The Bertz CT molecular complexity index is 252. The van der Waals surface area contributed by atoms with Crippen molar-refractivity contribution in [3.05, 3.63) is 0 Å². The van der Waals surface area contributed by atoms with Gasteiger partial charge < -0.3 is 20.8 Å². The van der Waals surface area contributed by atoms with E-state index in [1.165, 1.54) is 0 Å². The van der Waals surface area contributed by atoms with Crippen LogP contribution < -0.4 is 10.6 Å². The van der Waals surface area contributed by atoms with Crippen LogP contribution in [-0.4, -0.2) is 40.9 Å². The number of carboxylic acids is 1. The Morgan fingerprint density at radius 2 is 1.76 bits per heavy atom. The summed E-state index contributed by atoms with van der Waals surface area (Å²) in [5.74, 6) is -0.876. The second-order valence-corrected chi connectivity index (χ2v) is 4.04. The Balaban J connectivity index is 3.69. The van der Waals surface area contributed by atoms with Gasteiger partial charge in [-0.15, -0.1) is 0 Å². The lowest BCUT2D eigenvalue weighted by Gasteiger charge is -2.25. The van der Waals surface area contributed by atoms with Crippen molar-refractivity contribution in [2.24, 2.45) is 0 Å². The molecule has 4 N–H and O–H groups in total. The van der Waals surface area contributed by atoms with Gasteiger partial charge in [0.2, 0.25) is 0 Å². The van der Waals surface area contributed by atoms with E-state index in [2.05, 4.69) is 10.6 Å². The average Bonchev–Trinajstić information content (AvgIpc) is 2.31. The highest BCUT2D eigenvalue weighted by Crippen LogP contribution is 2.12. The van der Waals surface area contributed by atoms with E-state index in [-0.39, 0.29) is 19.0 Å². The number of amides is 2. The number of aliphatic hydroxyl groups is 1. The van der Waals surface area contributed by atoms with Crippen LogP contribution in [0.2, 0.25) is 0 Å². The summed E-state index contributed by atoms with van der Waals surface area (Å²) in [5.41, 5.74) is -0.863. The van der Waals surface area contributed by atoms with E-state index >= 15 is 0 Å². The normalized spacial score (nSPS) is 11.0. The van der Waals surface area contributed by atoms with E-state index in [1.807, 2.05) is 13.8 Å². The number of urea groups is 1. The third-order valence-corrected chi connectivity index (χ3v) is 2.75. The highest BCUT2D eigenvalue weighted by molar-refractivity contribution is 5.74. The minimum absolute atomic E-state index is 0.0359. The van der Waals surface area contributed by atoms with Crippen molar-refractivity contribution in [1.29, 1.82) is 0 Å². The molecule has 2 amide bonds. The summed E-state index contributed by atoms with van der Waals surface area (Å²) >= 11 is 0. The maximum absolute atomic E-state index is 11.3. The molecule has 0 heterocycles. The van der Waals surface area contributed by atoms with Crippen LogP contribution in [0.15, 0.2) is 0 Å². The monoisotopic (exact) mass is 246 g/mol. The maximum Gasteiger partial charge on any atom is 0.314 e. The Labute approximate surface area is 101 Å². The van der Waals surface area contributed by atoms with Gasteiger partial charge in [0.05, 0.1) is 5.60 Å². The van der Waals surface area contributed by atoms with Crippen LogP contribution in [0.5, 0.6) is 0 Å². The molecule has 0 bridgehead atoms. The fourth-order valence-corrected chi connectivity index (χ4v) is 1.25. The first-order valence-electron chi connectivity index (χ1n) is 5.89. The molecule has 0 aromatic rings. The first-order chi connectivity index (χ1) is 7.93. The first-order valence-corrected chi connectivity index (χ1v) is 5.89. The Hall–Kier alpha value is -1.30. The van der Waals surface area contributed by atoms with Crippen molar-refractivity contribution in [2.45, 2.75) is 45.1 Å². The largest absolute Gasteiger partial charge is 0.481 e. The zero-order chi connectivity index (χ0) is 13.3. The second kappa shape index (κ2) is 7.89. The van der Waals surface area contributed by atoms with E-state index in [0.29, 0.717) is 25.8 Å². The van der Waals surface area contributed by atoms with Crippen LogP contribution in [0.3, 0.4) is 0 Å². The third kappa shape index (κ3) is 7.57. The minimum Gasteiger partial charge on any atom is -0.481 e. The summed E-state index contributed by atoms with van der Waals surface area (Å²) in [5, 5.41) is 23.4. The molecule has 6 heteroatoms. The van der Waals surface area contributed by atoms with Crippen molar-refractivity contribution in [3.63, 3.8) is 0 Å². The maximum atomic E-state index is 11.3. The van der Waals surface area contributed by atoms with E-state index in [0.717, 1.165) is 0 Å². The molecule has 0 aliphatic rings. The quantitative estimate of drug-likeness (QED) is 0.474.